The Balaban J connectivity index is 1.87. The van der Waals surface area contributed by atoms with Gasteiger partial charge in [-0.1, -0.05) is 43.6 Å². The van der Waals surface area contributed by atoms with Crippen molar-refractivity contribution in [2.24, 2.45) is 5.92 Å². The number of amides is 1. The number of likely N-dealkylation sites (N-methyl/N-ethyl adjacent to an activating group) is 1. The van der Waals surface area contributed by atoms with Gasteiger partial charge in [0, 0.05) is 18.5 Å². The van der Waals surface area contributed by atoms with Gasteiger partial charge >= 0.3 is 0 Å². The molecule has 0 aliphatic carbocycles. The Labute approximate surface area is 175 Å². The van der Waals surface area contributed by atoms with E-state index in [0.29, 0.717) is 16.5 Å². The van der Waals surface area contributed by atoms with E-state index in [0.717, 1.165) is 12.0 Å². The highest BCUT2D eigenvalue weighted by Gasteiger charge is 2.41. The first-order valence-electron chi connectivity index (χ1n) is 9.66. The largest absolute Gasteiger partial charge is 0.362 e. The summed E-state index contributed by atoms with van der Waals surface area (Å²) >= 11 is 6.02. The van der Waals surface area contributed by atoms with Crippen molar-refractivity contribution in [1.29, 1.82) is 5.26 Å². The number of carbonyl (C=O) groups excluding carboxylic acids is 1. The van der Waals surface area contributed by atoms with Crippen molar-refractivity contribution in [3.05, 3.63) is 70.0 Å². The lowest BCUT2D eigenvalue weighted by Gasteiger charge is -2.43. The minimum atomic E-state index is -0.695. The molecule has 2 aromatic carbocycles. The van der Waals surface area contributed by atoms with Gasteiger partial charge in [-0.2, -0.15) is 5.26 Å². The zero-order valence-electron chi connectivity index (χ0n) is 16.7. The van der Waals surface area contributed by atoms with Gasteiger partial charge in [0.25, 0.3) is 5.91 Å². The predicted octanol–water partition coefficient (Wildman–Crippen LogP) is 4.91. The van der Waals surface area contributed by atoms with Crippen LogP contribution in [0.3, 0.4) is 0 Å². The van der Waals surface area contributed by atoms with E-state index in [1.165, 1.54) is 12.1 Å². The third-order valence-electron chi connectivity index (χ3n) is 5.22. The number of halogens is 2. The van der Waals surface area contributed by atoms with Crippen molar-refractivity contribution in [3.63, 3.8) is 0 Å². The van der Waals surface area contributed by atoms with E-state index in [9.17, 15) is 9.18 Å². The average Bonchev–Trinajstić information content (AvgIpc) is 2.67. The van der Waals surface area contributed by atoms with Crippen LogP contribution in [0.15, 0.2) is 42.5 Å². The Morgan fingerprint density at radius 2 is 1.93 bits per heavy atom. The average molecular weight is 415 g/mol. The number of benzene rings is 2. The van der Waals surface area contributed by atoms with E-state index in [-0.39, 0.29) is 30.0 Å². The summed E-state index contributed by atoms with van der Waals surface area (Å²) in [7, 11) is 1.78. The Morgan fingerprint density at radius 3 is 2.52 bits per heavy atom. The molecule has 0 unspecified atom stereocenters. The Morgan fingerprint density at radius 1 is 1.24 bits per heavy atom. The van der Waals surface area contributed by atoms with Gasteiger partial charge < -0.3 is 9.64 Å². The Kier molecular flexibility index (Phi) is 6.56. The molecule has 0 aromatic heterocycles. The summed E-state index contributed by atoms with van der Waals surface area (Å²) in [6.45, 7) is 4.23. The third kappa shape index (κ3) is 4.77. The molecular weight excluding hydrogens is 391 g/mol. The molecule has 0 bridgehead atoms. The van der Waals surface area contributed by atoms with Crippen LogP contribution >= 0.6 is 11.6 Å². The highest BCUT2D eigenvalue weighted by Crippen LogP contribution is 2.35. The number of morpholine rings is 1. The van der Waals surface area contributed by atoms with Crippen molar-refractivity contribution in [2.75, 3.05) is 7.05 Å². The zero-order chi connectivity index (χ0) is 21.1. The lowest BCUT2D eigenvalue weighted by atomic mass is 9.90. The first-order chi connectivity index (χ1) is 13.8. The van der Waals surface area contributed by atoms with Crippen LogP contribution in [0.5, 0.6) is 0 Å². The molecule has 1 saturated heterocycles. The Hall–Kier alpha value is -2.42. The SMILES string of the molecule is CC(C)C[C@@H]1O[C@@H](Cc2ccc(C#N)c(F)c2)C(=O)N(C)[C@@H]1c1ccc(Cl)cc1. The fourth-order valence-corrected chi connectivity index (χ4v) is 3.96. The van der Waals surface area contributed by atoms with E-state index >= 15 is 0 Å². The highest BCUT2D eigenvalue weighted by atomic mass is 35.5. The van der Waals surface area contributed by atoms with Gasteiger partial charge in [-0.25, -0.2) is 4.39 Å². The van der Waals surface area contributed by atoms with Gasteiger partial charge in [0.2, 0.25) is 0 Å². The van der Waals surface area contributed by atoms with Crippen LogP contribution in [-0.4, -0.2) is 30.1 Å². The summed E-state index contributed by atoms with van der Waals surface area (Å²) < 4.78 is 20.2. The molecule has 3 rings (SSSR count). The van der Waals surface area contributed by atoms with Crippen LogP contribution < -0.4 is 0 Å². The van der Waals surface area contributed by atoms with E-state index in [2.05, 4.69) is 13.8 Å². The summed E-state index contributed by atoms with van der Waals surface area (Å²) in [6.07, 6.45) is 0.156. The predicted molar refractivity (Wildman–Crippen MR) is 110 cm³/mol. The van der Waals surface area contributed by atoms with Crippen molar-refractivity contribution >= 4 is 17.5 Å². The van der Waals surface area contributed by atoms with Crippen molar-refractivity contribution in [1.82, 2.24) is 4.90 Å². The molecule has 0 spiro atoms. The van der Waals surface area contributed by atoms with Crippen LogP contribution in [0, 0.1) is 23.1 Å². The van der Waals surface area contributed by atoms with Gasteiger partial charge in [0.15, 0.2) is 0 Å². The van der Waals surface area contributed by atoms with Crippen LogP contribution in [-0.2, 0) is 16.0 Å². The monoisotopic (exact) mass is 414 g/mol. The maximum absolute atomic E-state index is 14.0. The molecule has 1 aliphatic heterocycles. The standard InChI is InChI=1S/C23H24ClFN2O2/c1-14(2)10-20-22(16-6-8-18(24)9-7-16)27(3)23(28)21(29-20)12-15-4-5-17(13-26)19(25)11-15/h4-9,11,14,20-22H,10,12H2,1-3H3/t20-,21-,22+/m0/s1. The molecule has 2 aromatic rings. The van der Waals surface area contributed by atoms with E-state index < -0.39 is 11.9 Å². The lowest BCUT2D eigenvalue weighted by Crippen LogP contribution is -2.53. The first kappa shape index (κ1) is 21.3. The molecule has 29 heavy (non-hydrogen) atoms. The number of nitriles is 1. The maximum atomic E-state index is 14.0. The summed E-state index contributed by atoms with van der Waals surface area (Å²) in [5.41, 5.74) is 1.59. The minimum Gasteiger partial charge on any atom is -0.362 e. The van der Waals surface area contributed by atoms with Gasteiger partial charge in [-0.3, -0.25) is 4.79 Å². The summed E-state index contributed by atoms with van der Waals surface area (Å²) in [6, 6.07) is 13.5. The molecule has 3 atom stereocenters. The number of hydrogen-bond acceptors (Lipinski definition) is 3. The molecule has 1 amide bonds. The van der Waals surface area contributed by atoms with Crippen molar-refractivity contribution in [2.45, 2.75) is 44.9 Å². The van der Waals surface area contributed by atoms with Crippen LogP contribution in [0.2, 0.25) is 5.02 Å². The summed E-state index contributed by atoms with van der Waals surface area (Å²) in [5, 5.41) is 9.54. The van der Waals surface area contributed by atoms with Gasteiger partial charge in [0.05, 0.1) is 17.7 Å². The molecule has 1 fully saturated rings. The molecule has 152 valence electrons. The number of carbonyl (C=O) groups is 1. The molecule has 1 aliphatic rings. The van der Waals surface area contributed by atoms with Crippen LogP contribution in [0.1, 0.15) is 43.0 Å². The minimum absolute atomic E-state index is 0.0118. The maximum Gasteiger partial charge on any atom is 0.252 e. The number of ether oxygens (including phenoxy) is 1. The molecule has 4 nitrogen and oxygen atoms in total. The van der Waals surface area contributed by atoms with Gasteiger partial charge in [-0.15, -0.1) is 0 Å². The van der Waals surface area contributed by atoms with Crippen molar-refractivity contribution in [3.8, 4) is 6.07 Å². The summed E-state index contributed by atoms with van der Waals surface area (Å²) in [4.78, 5) is 14.8. The fourth-order valence-electron chi connectivity index (χ4n) is 3.83. The molecule has 0 saturated carbocycles. The highest BCUT2D eigenvalue weighted by molar-refractivity contribution is 6.30. The smallest absolute Gasteiger partial charge is 0.252 e. The fraction of sp³-hybridized carbons (Fsp3) is 0.391. The third-order valence-corrected chi connectivity index (χ3v) is 5.47. The first-order valence-corrected chi connectivity index (χ1v) is 10.0. The number of nitrogens with zero attached hydrogens (tertiary/aromatic N) is 2. The van der Waals surface area contributed by atoms with Crippen LogP contribution in [0.4, 0.5) is 4.39 Å². The van der Waals surface area contributed by atoms with Crippen molar-refractivity contribution < 1.29 is 13.9 Å². The number of rotatable bonds is 5. The zero-order valence-corrected chi connectivity index (χ0v) is 17.5. The van der Waals surface area contributed by atoms with E-state index in [1.807, 2.05) is 30.3 Å². The molecular formula is C23H24ClFN2O2. The van der Waals surface area contributed by atoms with Gasteiger partial charge in [0.1, 0.15) is 18.0 Å². The molecule has 1 heterocycles. The second kappa shape index (κ2) is 8.94. The van der Waals surface area contributed by atoms with E-state index in [1.54, 1.807) is 18.0 Å². The second-order valence-electron chi connectivity index (χ2n) is 7.87. The number of hydrogen-bond donors (Lipinski definition) is 0. The quantitative estimate of drug-likeness (QED) is 0.698. The van der Waals surface area contributed by atoms with Gasteiger partial charge in [-0.05, 0) is 47.7 Å². The van der Waals surface area contributed by atoms with Crippen LogP contribution in [0.25, 0.3) is 0 Å². The molecule has 0 radical (unpaired) electrons. The summed E-state index contributed by atoms with van der Waals surface area (Å²) in [5.74, 6) is -0.349. The molecule has 0 N–H and O–H groups in total. The normalized spacial score (nSPS) is 22.0. The molecule has 6 heteroatoms. The second-order valence-corrected chi connectivity index (χ2v) is 8.30. The topological polar surface area (TPSA) is 53.3 Å². The lowest BCUT2D eigenvalue weighted by molar-refractivity contribution is -0.171. The Bertz CT molecular complexity index is 923. The van der Waals surface area contributed by atoms with E-state index in [4.69, 9.17) is 21.6 Å².